The summed E-state index contributed by atoms with van der Waals surface area (Å²) in [5.41, 5.74) is 1.87. The van der Waals surface area contributed by atoms with Gasteiger partial charge in [0.05, 0.1) is 11.6 Å². The first kappa shape index (κ1) is 16.4. The van der Waals surface area contributed by atoms with Gasteiger partial charge in [-0.1, -0.05) is 48.8 Å². The molecular formula is C15H22BrNOSi. The van der Waals surface area contributed by atoms with Gasteiger partial charge in [-0.2, -0.15) is 5.26 Å². The van der Waals surface area contributed by atoms with E-state index < -0.39 is 8.32 Å². The molecule has 19 heavy (non-hydrogen) atoms. The first-order chi connectivity index (χ1) is 8.65. The van der Waals surface area contributed by atoms with Gasteiger partial charge in [0.15, 0.2) is 8.32 Å². The lowest BCUT2D eigenvalue weighted by Gasteiger charge is -2.38. The molecule has 0 fully saturated rings. The predicted molar refractivity (Wildman–Crippen MR) is 85.9 cm³/mol. The fraction of sp³-hybridized carbons (Fsp3) is 0.533. The molecule has 0 heterocycles. The molecule has 2 nitrogen and oxygen atoms in total. The SMILES string of the molecule is CC(C)(C)[Si](C)(C)OC(Br)Cc1ccc(C#N)cc1. The molecule has 0 aromatic heterocycles. The molecule has 0 radical (unpaired) electrons. The Morgan fingerprint density at radius 2 is 1.79 bits per heavy atom. The standard InChI is InChI=1S/C15H22BrNOSi/c1-15(2,3)19(4,5)18-14(16)10-12-6-8-13(11-17)9-7-12/h6-9,14H,10H2,1-5H3. The first-order valence-electron chi connectivity index (χ1n) is 6.46. The smallest absolute Gasteiger partial charge is 0.193 e. The van der Waals surface area contributed by atoms with Crippen molar-refractivity contribution in [1.82, 2.24) is 0 Å². The highest BCUT2D eigenvalue weighted by Gasteiger charge is 2.38. The van der Waals surface area contributed by atoms with Crippen LogP contribution >= 0.6 is 15.9 Å². The van der Waals surface area contributed by atoms with Gasteiger partial charge in [0.25, 0.3) is 0 Å². The molecular weight excluding hydrogens is 318 g/mol. The molecule has 0 aliphatic carbocycles. The minimum Gasteiger partial charge on any atom is -0.404 e. The van der Waals surface area contributed by atoms with Crippen LogP contribution in [0.25, 0.3) is 0 Å². The Balaban J connectivity index is 2.65. The first-order valence-corrected chi connectivity index (χ1v) is 10.3. The highest BCUT2D eigenvalue weighted by molar-refractivity contribution is 9.09. The van der Waals surface area contributed by atoms with Gasteiger partial charge in [0.2, 0.25) is 0 Å². The molecule has 1 aromatic rings. The van der Waals surface area contributed by atoms with Crippen molar-refractivity contribution in [3.05, 3.63) is 35.4 Å². The van der Waals surface area contributed by atoms with Gasteiger partial charge < -0.3 is 4.43 Å². The monoisotopic (exact) mass is 339 g/mol. The van der Waals surface area contributed by atoms with Crippen molar-refractivity contribution in [2.45, 2.75) is 50.3 Å². The quantitative estimate of drug-likeness (QED) is 0.580. The van der Waals surface area contributed by atoms with E-state index in [1.54, 1.807) is 0 Å². The summed E-state index contributed by atoms with van der Waals surface area (Å²) in [5.74, 6) is 0. The van der Waals surface area contributed by atoms with E-state index in [4.69, 9.17) is 9.69 Å². The van der Waals surface area contributed by atoms with Crippen LogP contribution in [0.15, 0.2) is 24.3 Å². The number of alkyl halides is 1. The summed E-state index contributed by atoms with van der Waals surface area (Å²) in [5, 5.41) is 9.02. The average Bonchev–Trinajstić information content (AvgIpc) is 2.27. The van der Waals surface area contributed by atoms with E-state index in [2.05, 4.69) is 55.9 Å². The molecule has 0 N–H and O–H groups in total. The highest BCUT2D eigenvalue weighted by atomic mass is 79.9. The summed E-state index contributed by atoms with van der Waals surface area (Å²) in [6.45, 7) is 11.2. The van der Waals surface area contributed by atoms with E-state index in [-0.39, 0.29) is 10.1 Å². The summed E-state index contributed by atoms with van der Waals surface area (Å²) in [4.78, 5) is 0. The van der Waals surface area contributed by atoms with Gasteiger partial charge in [-0.25, -0.2) is 0 Å². The Bertz CT molecular complexity index is 457. The van der Waals surface area contributed by atoms with Crippen LogP contribution in [0.5, 0.6) is 0 Å². The van der Waals surface area contributed by atoms with E-state index in [9.17, 15) is 0 Å². The van der Waals surface area contributed by atoms with Gasteiger partial charge in [-0.15, -0.1) is 0 Å². The second-order valence-corrected chi connectivity index (χ2v) is 12.1. The third-order valence-corrected chi connectivity index (χ3v) is 9.05. The van der Waals surface area contributed by atoms with Crippen LogP contribution in [0.3, 0.4) is 0 Å². The Kier molecular flexibility index (Phi) is 5.37. The van der Waals surface area contributed by atoms with Crippen LogP contribution in [-0.4, -0.2) is 13.3 Å². The number of hydrogen-bond acceptors (Lipinski definition) is 2. The zero-order valence-corrected chi connectivity index (χ0v) is 14.9. The molecule has 0 aliphatic rings. The molecule has 1 aromatic carbocycles. The van der Waals surface area contributed by atoms with E-state index in [1.807, 2.05) is 24.3 Å². The molecule has 104 valence electrons. The van der Waals surface area contributed by atoms with Crippen LogP contribution in [0.1, 0.15) is 31.9 Å². The number of nitriles is 1. The van der Waals surface area contributed by atoms with Gasteiger partial charge in [0.1, 0.15) is 5.01 Å². The summed E-state index contributed by atoms with van der Waals surface area (Å²) >= 11 is 3.63. The van der Waals surface area contributed by atoms with Crippen LogP contribution < -0.4 is 0 Å². The normalized spacial score (nSPS) is 13.9. The number of hydrogen-bond donors (Lipinski definition) is 0. The van der Waals surface area contributed by atoms with Crippen LogP contribution in [0.2, 0.25) is 18.1 Å². The summed E-state index contributed by atoms with van der Waals surface area (Å²) < 4.78 is 6.25. The number of rotatable bonds is 4. The average molecular weight is 340 g/mol. The molecule has 1 unspecified atom stereocenters. The number of benzene rings is 1. The minimum absolute atomic E-state index is 0.0290. The second-order valence-electron chi connectivity index (χ2n) is 6.30. The topological polar surface area (TPSA) is 33.0 Å². The van der Waals surface area contributed by atoms with Crippen molar-refractivity contribution in [3.8, 4) is 6.07 Å². The Labute approximate surface area is 126 Å². The van der Waals surface area contributed by atoms with Crippen molar-refractivity contribution in [3.63, 3.8) is 0 Å². The second kappa shape index (κ2) is 6.21. The Hall–Kier alpha value is -0.633. The Morgan fingerprint density at radius 3 is 2.21 bits per heavy atom. The van der Waals surface area contributed by atoms with Crippen molar-refractivity contribution in [1.29, 1.82) is 5.26 Å². The van der Waals surface area contributed by atoms with Gasteiger partial charge in [-0.3, -0.25) is 0 Å². The summed E-state index contributed by atoms with van der Waals surface area (Å²) in [7, 11) is -1.74. The zero-order valence-electron chi connectivity index (χ0n) is 12.3. The molecule has 0 bridgehead atoms. The maximum Gasteiger partial charge on any atom is 0.193 e. The molecule has 0 aliphatic heterocycles. The maximum absolute atomic E-state index is 8.77. The van der Waals surface area contributed by atoms with Crippen molar-refractivity contribution < 1.29 is 4.43 Å². The third kappa shape index (κ3) is 4.76. The number of halogens is 1. The molecule has 4 heteroatoms. The van der Waals surface area contributed by atoms with Crippen LogP contribution in [-0.2, 0) is 10.8 Å². The molecule has 1 atom stereocenters. The van der Waals surface area contributed by atoms with E-state index in [1.165, 1.54) is 5.56 Å². The van der Waals surface area contributed by atoms with Gasteiger partial charge in [-0.05, 0) is 35.8 Å². The van der Waals surface area contributed by atoms with Crippen molar-refractivity contribution >= 4 is 24.2 Å². The molecule has 0 spiro atoms. The zero-order chi connectivity index (χ0) is 14.7. The van der Waals surface area contributed by atoms with Gasteiger partial charge in [0, 0.05) is 6.42 Å². The summed E-state index contributed by atoms with van der Waals surface area (Å²) in [6, 6.07) is 9.80. The fourth-order valence-corrected chi connectivity index (χ4v) is 4.29. The lowest BCUT2D eigenvalue weighted by molar-refractivity contribution is 0.267. The highest BCUT2D eigenvalue weighted by Crippen LogP contribution is 2.38. The molecule has 0 amide bonds. The lowest BCUT2D eigenvalue weighted by atomic mass is 10.1. The van der Waals surface area contributed by atoms with Crippen LogP contribution in [0.4, 0.5) is 0 Å². The largest absolute Gasteiger partial charge is 0.404 e. The third-order valence-electron chi connectivity index (χ3n) is 3.71. The number of nitrogens with zero attached hydrogens (tertiary/aromatic N) is 1. The van der Waals surface area contributed by atoms with Crippen molar-refractivity contribution in [2.75, 3.05) is 0 Å². The fourth-order valence-electron chi connectivity index (χ4n) is 1.44. The molecule has 0 saturated carbocycles. The summed E-state index contributed by atoms with van der Waals surface area (Å²) in [6.07, 6.45) is 0.818. The molecule has 1 rings (SSSR count). The molecule has 0 saturated heterocycles. The minimum atomic E-state index is -1.74. The van der Waals surface area contributed by atoms with Crippen LogP contribution in [0, 0.1) is 11.3 Å². The Morgan fingerprint density at radius 1 is 1.26 bits per heavy atom. The maximum atomic E-state index is 8.77. The van der Waals surface area contributed by atoms with Gasteiger partial charge >= 0.3 is 0 Å². The van der Waals surface area contributed by atoms with Crippen molar-refractivity contribution in [2.24, 2.45) is 0 Å². The van der Waals surface area contributed by atoms with E-state index >= 15 is 0 Å². The lowest BCUT2D eigenvalue weighted by Crippen LogP contribution is -2.43. The van der Waals surface area contributed by atoms with E-state index in [0.29, 0.717) is 5.56 Å². The predicted octanol–water partition coefficient (Wildman–Crippen LogP) is 4.84. The van der Waals surface area contributed by atoms with E-state index in [0.717, 1.165) is 6.42 Å².